The molecule has 24 heavy (non-hydrogen) atoms. The van der Waals surface area contributed by atoms with Gasteiger partial charge in [-0.25, -0.2) is 14.5 Å². The molecule has 0 aromatic carbocycles. The summed E-state index contributed by atoms with van der Waals surface area (Å²) in [5, 5.41) is 5.09. The lowest BCUT2D eigenvalue weighted by molar-refractivity contribution is -0.137. The van der Waals surface area contributed by atoms with Gasteiger partial charge in [0.2, 0.25) is 0 Å². The van der Waals surface area contributed by atoms with E-state index >= 15 is 0 Å². The molecule has 0 spiro atoms. The maximum Gasteiger partial charge on any atom is 0.330 e. The Morgan fingerprint density at radius 3 is 3.04 bits per heavy atom. The Labute approximate surface area is 149 Å². The van der Waals surface area contributed by atoms with Crippen LogP contribution in [-0.2, 0) is 14.3 Å². The van der Waals surface area contributed by atoms with Gasteiger partial charge in [-0.1, -0.05) is 23.2 Å². The van der Waals surface area contributed by atoms with E-state index in [1.807, 2.05) is 0 Å². The largest absolute Gasteiger partial charge is 0.463 e. The first-order chi connectivity index (χ1) is 11.6. The van der Waals surface area contributed by atoms with E-state index in [4.69, 9.17) is 32.7 Å². The summed E-state index contributed by atoms with van der Waals surface area (Å²) in [7, 11) is 0. The highest BCUT2D eigenvalue weighted by Crippen LogP contribution is 2.31. The molecule has 2 aromatic heterocycles. The van der Waals surface area contributed by atoms with Gasteiger partial charge in [0.05, 0.1) is 17.1 Å². The van der Waals surface area contributed by atoms with Crippen molar-refractivity contribution < 1.29 is 14.3 Å². The van der Waals surface area contributed by atoms with Crippen molar-refractivity contribution in [1.82, 2.24) is 14.8 Å². The molecule has 1 aliphatic heterocycles. The molecule has 3 rings (SSSR count). The number of pyridine rings is 1. The van der Waals surface area contributed by atoms with Gasteiger partial charge >= 0.3 is 5.97 Å². The molecule has 128 valence electrons. The number of carbonyl (C=O) groups is 1. The summed E-state index contributed by atoms with van der Waals surface area (Å²) in [4.78, 5) is 15.9. The topological polar surface area (TPSA) is 66.2 Å². The van der Waals surface area contributed by atoms with Crippen molar-refractivity contribution in [3.63, 3.8) is 0 Å². The van der Waals surface area contributed by atoms with E-state index in [1.165, 1.54) is 6.08 Å². The quantitative estimate of drug-likeness (QED) is 0.462. The SMILES string of the molecule is CCOC(=O)/C=C/c1nn(C2CCCCO2)c2cc(Cl)c(Cl)nc12. The zero-order valence-electron chi connectivity index (χ0n) is 13.2. The Balaban J connectivity index is 2.04. The third-order valence-electron chi connectivity index (χ3n) is 3.71. The Hall–Kier alpha value is -1.63. The molecule has 0 bridgehead atoms. The minimum absolute atomic E-state index is 0.176. The third kappa shape index (κ3) is 3.55. The summed E-state index contributed by atoms with van der Waals surface area (Å²) in [6, 6.07) is 1.72. The van der Waals surface area contributed by atoms with Gasteiger partial charge in [-0.15, -0.1) is 0 Å². The van der Waals surface area contributed by atoms with Gasteiger partial charge in [-0.05, 0) is 38.3 Å². The van der Waals surface area contributed by atoms with Crippen molar-refractivity contribution in [2.45, 2.75) is 32.4 Å². The van der Waals surface area contributed by atoms with Gasteiger partial charge in [0, 0.05) is 12.7 Å². The molecule has 3 heterocycles. The van der Waals surface area contributed by atoms with E-state index in [2.05, 4.69) is 10.1 Å². The van der Waals surface area contributed by atoms with Crippen LogP contribution in [0.5, 0.6) is 0 Å². The van der Waals surface area contributed by atoms with Crippen molar-refractivity contribution in [2.24, 2.45) is 0 Å². The fraction of sp³-hybridized carbons (Fsp3) is 0.438. The summed E-state index contributed by atoms with van der Waals surface area (Å²) in [6.07, 6.45) is 5.67. The van der Waals surface area contributed by atoms with E-state index in [-0.39, 0.29) is 11.4 Å². The van der Waals surface area contributed by atoms with E-state index in [1.54, 1.807) is 23.7 Å². The maximum absolute atomic E-state index is 11.5. The molecular formula is C16H17Cl2N3O3. The number of rotatable bonds is 4. The molecule has 6 nitrogen and oxygen atoms in total. The highest BCUT2D eigenvalue weighted by Gasteiger charge is 2.22. The van der Waals surface area contributed by atoms with Crippen LogP contribution in [0.4, 0.5) is 0 Å². The van der Waals surface area contributed by atoms with Gasteiger partial charge in [-0.2, -0.15) is 5.10 Å². The summed E-state index contributed by atoms with van der Waals surface area (Å²) in [5.41, 5.74) is 1.81. The van der Waals surface area contributed by atoms with Crippen LogP contribution in [0, 0.1) is 0 Å². The second-order valence-electron chi connectivity index (χ2n) is 5.37. The van der Waals surface area contributed by atoms with Crippen LogP contribution in [0.15, 0.2) is 12.1 Å². The van der Waals surface area contributed by atoms with Gasteiger partial charge in [0.25, 0.3) is 0 Å². The Morgan fingerprint density at radius 1 is 1.50 bits per heavy atom. The van der Waals surface area contributed by atoms with Gasteiger partial charge < -0.3 is 9.47 Å². The van der Waals surface area contributed by atoms with Gasteiger partial charge in [0.1, 0.15) is 16.4 Å². The standard InChI is InChI=1S/C16H17Cl2N3O3/c1-2-23-14(22)7-6-11-15-12(9-10(17)16(18)19-15)21(20-11)13-5-3-4-8-24-13/h6-7,9,13H,2-5,8H2,1H3/b7-6+. The van der Waals surface area contributed by atoms with Crippen molar-refractivity contribution >= 4 is 46.3 Å². The Bertz CT molecular complexity index is 782. The highest BCUT2D eigenvalue weighted by molar-refractivity contribution is 6.41. The van der Waals surface area contributed by atoms with Gasteiger partial charge in [0.15, 0.2) is 6.23 Å². The van der Waals surface area contributed by atoms with Crippen LogP contribution in [0.2, 0.25) is 10.2 Å². The van der Waals surface area contributed by atoms with Crippen LogP contribution in [0.1, 0.15) is 38.1 Å². The summed E-state index contributed by atoms with van der Waals surface area (Å²) < 4.78 is 12.4. The first kappa shape index (κ1) is 17.2. The highest BCUT2D eigenvalue weighted by atomic mass is 35.5. The smallest absolute Gasteiger partial charge is 0.330 e. The zero-order valence-corrected chi connectivity index (χ0v) is 14.7. The summed E-state index contributed by atoms with van der Waals surface area (Å²) in [6.45, 7) is 2.75. The fourth-order valence-electron chi connectivity index (χ4n) is 2.62. The molecule has 1 saturated heterocycles. The number of carbonyl (C=O) groups excluding carboxylic acids is 1. The second kappa shape index (κ2) is 7.51. The third-order valence-corrected chi connectivity index (χ3v) is 4.38. The predicted molar refractivity (Wildman–Crippen MR) is 92.1 cm³/mol. The first-order valence-corrected chi connectivity index (χ1v) is 8.56. The average molecular weight is 370 g/mol. The number of esters is 1. The van der Waals surface area contributed by atoms with E-state index < -0.39 is 5.97 Å². The van der Waals surface area contributed by atoms with E-state index in [0.717, 1.165) is 24.8 Å². The number of aromatic nitrogens is 3. The van der Waals surface area contributed by atoms with E-state index in [0.29, 0.717) is 29.4 Å². The molecule has 2 aromatic rings. The number of ether oxygens (including phenoxy) is 2. The van der Waals surface area contributed by atoms with Crippen molar-refractivity contribution in [3.05, 3.63) is 28.0 Å². The molecule has 1 aliphatic rings. The number of fused-ring (bicyclic) bond motifs is 1. The average Bonchev–Trinajstić information content (AvgIpc) is 2.92. The molecule has 0 saturated carbocycles. The number of hydrogen-bond acceptors (Lipinski definition) is 5. The van der Waals surface area contributed by atoms with Crippen molar-refractivity contribution in [3.8, 4) is 0 Å². The molecule has 8 heteroatoms. The minimum atomic E-state index is -0.436. The Morgan fingerprint density at radius 2 is 2.33 bits per heavy atom. The lowest BCUT2D eigenvalue weighted by atomic mass is 10.2. The van der Waals surface area contributed by atoms with Gasteiger partial charge in [-0.3, -0.25) is 0 Å². The normalized spacial score (nSPS) is 18.4. The maximum atomic E-state index is 11.5. The fourth-order valence-corrected chi connectivity index (χ4v) is 2.91. The summed E-state index contributed by atoms with van der Waals surface area (Å²) in [5.74, 6) is -0.436. The zero-order chi connectivity index (χ0) is 17.1. The molecule has 0 aliphatic carbocycles. The van der Waals surface area contributed by atoms with Crippen LogP contribution in [-0.4, -0.2) is 33.9 Å². The predicted octanol–water partition coefficient (Wildman–Crippen LogP) is 4.01. The van der Waals surface area contributed by atoms with Crippen LogP contribution in [0.25, 0.3) is 17.1 Å². The molecule has 0 radical (unpaired) electrons. The molecule has 0 amide bonds. The number of halogens is 2. The van der Waals surface area contributed by atoms with Crippen LogP contribution < -0.4 is 0 Å². The number of nitrogens with zero attached hydrogens (tertiary/aromatic N) is 3. The summed E-state index contributed by atoms with van der Waals surface area (Å²) >= 11 is 12.1. The first-order valence-electron chi connectivity index (χ1n) is 7.81. The van der Waals surface area contributed by atoms with Crippen molar-refractivity contribution in [2.75, 3.05) is 13.2 Å². The Kier molecular flexibility index (Phi) is 5.38. The molecule has 0 N–H and O–H groups in total. The molecule has 1 unspecified atom stereocenters. The number of hydrogen-bond donors (Lipinski definition) is 0. The molecule has 1 fully saturated rings. The molecule has 1 atom stereocenters. The lowest BCUT2D eigenvalue weighted by Crippen LogP contribution is -2.19. The second-order valence-corrected chi connectivity index (χ2v) is 6.13. The van der Waals surface area contributed by atoms with E-state index in [9.17, 15) is 4.79 Å². The monoisotopic (exact) mass is 369 g/mol. The molecular weight excluding hydrogens is 353 g/mol. The van der Waals surface area contributed by atoms with Crippen LogP contribution in [0.3, 0.4) is 0 Å². The van der Waals surface area contributed by atoms with Crippen molar-refractivity contribution in [1.29, 1.82) is 0 Å². The minimum Gasteiger partial charge on any atom is -0.463 e. The van der Waals surface area contributed by atoms with Crippen LogP contribution >= 0.6 is 23.2 Å². The lowest BCUT2D eigenvalue weighted by Gasteiger charge is -2.23.